The lowest BCUT2D eigenvalue weighted by atomic mass is 10.1. The minimum atomic E-state index is -4.50. The smallest absolute Gasteiger partial charge is 0.418 e. The average Bonchev–Trinajstić information content (AvgIpc) is 3.05. The monoisotopic (exact) mass is 348 g/mol. The van der Waals surface area contributed by atoms with E-state index < -0.39 is 17.3 Å². The molecule has 0 aliphatic carbocycles. The molecule has 0 saturated heterocycles. The van der Waals surface area contributed by atoms with Crippen molar-refractivity contribution in [3.05, 3.63) is 52.2 Å². The van der Waals surface area contributed by atoms with Gasteiger partial charge in [0.15, 0.2) is 0 Å². The summed E-state index contributed by atoms with van der Waals surface area (Å²) in [6, 6.07) is 5.14. The molecule has 25 heavy (non-hydrogen) atoms. The van der Waals surface area contributed by atoms with Gasteiger partial charge in [0.25, 0.3) is 0 Å². The summed E-state index contributed by atoms with van der Waals surface area (Å²) in [7, 11) is 0. The van der Waals surface area contributed by atoms with Crippen molar-refractivity contribution in [3.63, 3.8) is 0 Å². The zero-order valence-electron chi connectivity index (χ0n) is 12.7. The molecule has 0 fully saturated rings. The Balaban J connectivity index is 1.73. The lowest BCUT2D eigenvalue weighted by Crippen LogP contribution is -2.23. The van der Waals surface area contributed by atoms with Gasteiger partial charge in [-0.1, -0.05) is 12.1 Å². The summed E-state index contributed by atoms with van der Waals surface area (Å²) in [5.41, 5.74) is -1.42. The van der Waals surface area contributed by atoms with Gasteiger partial charge in [0.05, 0.1) is 17.3 Å². The number of rotatable bonds is 2. The molecule has 0 spiro atoms. The second kappa shape index (κ2) is 5.54. The van der Waals surface area contributed by atoms with Crippen molar-refractivity contribution in [3.8, 4) is 11.6 Å². The topological polar surface area (TPSA) is 69.9 Å². The SMILES string of the molecule is O=c1c(Oc2cnc3c(C(F)(F)F)cccc3c2)nnc2n1CCC2. The van der Waals surface area contributed by atoms with Gasteiger partial charge in [-0.3, -0.25) is 14.3 Å². The molecule has 0 atom stereocenters. The number of ether oxygens (including phenoxy) is 1. The molecule has 0 N–H and O–H groups in total. The molecule has 9 heteroatoms. The van der Waals surface area contributed by atoms with E-state index in [0.29, 0.717) is 18.8 Å². The van der Waals surface area contributed by atoms with E-state index in [-0.39, 0.29) is 22.5 Å². The molecule has 4 rings (SSSR count). The predicted octanol–water partition coefficient (Wildman–Crippen LogP) is 2.94. The van der Waals surface area contributed by atoms with Gasteiger partial charge in [-0.05, 0) is 18.6 Å². The first-order valence-electron chi connectivity index (χ1n) is 7.54. The van der Waals surface area contributed by atoms with Gasteiger partial charge in [0.2, 0.25) is 0 Å². The minimum Gasteiger partial charge on any atom is -0.432 e. The van der Waals surface area contributed by atoms with Gasteiger partial charge in [0, 0.05) is 18.4 Å². The van der Waals surface area contributed by atoms with Crippen molar-refractivity contribution in [1.82, 2.24) is 19.7 Å². The van der Waals surface area contributed by atoms with Crippen LogP contribution in [0.25, 0.3) is 10.9 Å². The fraction of sp³-hybridized carbons (Fsp3) is 0.250. The lowest BCUT2D eigenvalue weighted by Gasteiger charge is -2.10. The minimum absolute atomic E-state index is 0.122. The highest BCUT2D eigenvalue weighted by molar-refractivity contribution is 5.83. The molecule has 0 saturated carbocycles. The lowest BCUT2D eigenvalue weighted by molar-refractivity contribution is -0.136. The first-order valence-corrected chi connectivity index (χ1v) is 7.54. The van der Waals surface area contributed by atoms with Gasteiger partial charge in [-0.15, -0.1) is 10.2 Å². The molecule has 3 aromatic rings. The van der Waals surface area contributed by atoms with Crippen LogP contribution < -0.4 is 10.3 Å². The van der Waals surface area contributed by atoms with E-state index in [1.807, 2.05) is 0 Å². The molecule has 1 aliphatic heterocycles. The van der Waals surface area contributed by atoms with Crippen molar-refractivity contribution in [2.75, 3.05) is 0 Å². The van der Waals surface area contributed by atoms with Gasteiger partial charge < -0.3 is 4.74 Å². The maximum Gasteiger partial charge on any atom is 0.418 e. The summed E-state index contributed by atoms with van der Waals surface area (Å²) in [5.74, 6) is 0.499. The molecule has 1 aromatic carbocycles. The van der Waals surface area contributed by atoms with Crippen LogP contribution in [0, 0.1) is 0 Å². The number of para-hydroxylation sites is 1. The van der Waals surface area contributed by atoms with Crippen LogP contribution in [0.4, 0.5) is 13.2 Å². The standard InChI is InChI=1S/C16H11F3N4O2/c17-16(18,19)11-4-1-3-9-7-10(8-20-13(9)11)25-14-15(24)23-6-2-5-12(23)21-22-14/h1,3-4,7-8H,2,5-6H2. The number of nitrogens with zero attached hydrogens (tertiary/aromatic N) is 4. The molecule has 128 valence electrons. The maximum atomic E-state index is 13.0. The normalized spacial score (nSPS) is 13.9. The summed E-state index contributed by atoms with van der Waals surface area (Å²) in [4.78, 5) is 16.1. The largest absolute Gasteiger partial charge is 0.432 e. The summed E-state index contributed by atoms with van der Waals surface area (Å²) >= 11 is 0. The quantitative estimate of drug-likeness (QED) is 0.712. The summed E-state index contributed by atoms with van der Waals surface area (Å²) in [6.45, 7) is 0.547. The van der Waals surface area contributed by atoms with Crippen LogP contribution in [0.5, 0.6) is 11.6 Å². The fourth-order valence-electron chi connectivity index (χ4n) is 2.84. The Bertz CT molecular complexity index is 1030. The first kappa shape index (κ1) is 15.6. The Morgan fingerprint density at radius 1 is 1.20 bits per heavy atom. The first-order chi connectivity index (χ1) is 11.9. The molecular weight excluding hydrogens is 337 g/mol. The average molecular weight is 348 g/mol. The number of fused-ring (bicyclic) bond motifs is 2. The van der Waals surface area contributed by atoms with Crippen LogP contribution in [0.1, 0.15) is 17.8 Å². The van der Waals surface area contributed by atoms with E-state index in [9.17, 15) is 18.0 Å². The highest BCUT2D eigenvalue weighted by Crippen LogP contribution is 2.34. The molecule has 1 aliphatic rings. The van der Waals surface area contributed by atoms with E-state index in [4.69, 9.17) is 4.74 Å². The van der Waals surface area contributed by atoms with Crippen LogP contribution in [0.3, 0.4) is 0 Å². The molecular formula is C16H11F3N4O2. The van der Waals surface area contributed by atoms with Gasteiger partial charge >= 0.3 is 17.6 Å². The van der Waals surface area contributed by atoms with Crippen LogP contribution in [0.15, 0.2) is 35.3 Å². The third kappa shape index (κ3) is 2.71. The van der Waals surface area contributed by atoms with Gasteiger partial charge in [-0.25, -0.2) is 0 Å². The van der Waals surface area contributed by atoms with Crippen molar-refractivity contribution in [2.45, 2.75) is 25.6 Å². The highest BCUT2D eigenvalue weighted by atomic mass is 19.4. The Labute approximate surface area is 138 Å². The molecule has 0 amide bonds. The number of hydrogen-bond donors (Lipinski definition) is 0. The molecule has 6 nitrogen and oxygen atoms in total. The van der Waals surface area contributed by atoms with Crippen molar-refractivity contribution in [2.24, 2.45) is 0 Å². The Morgan fingerprint density at radius 3 is 2.84 bits per heavy atom. The van der Waals surface area contributed by atoms with E-state index in [1.54, 1.807) is 0 Å². The predicted molar refractivity (Wildman–Crippen MR) is 81.4 cm³/mol. The summed E-state index contributed by atoms with van der Waals surface area (Å²) in [5, 5.41) is 7.96. The molecule has 0 unspecified atom stereocenters. The van der Waals surface area contributed by atoms with E-state index >= 15 is 0 Å². The number of aryl methyl sites for hydroxylation is 1. The van der Waals surface area contributed by atoms with Crippen molar-refractivity contribution in [1.29, 1.82) is 0 Å². The second-order valence-electron chi connectivity index (χ2n) is 5.63. The highest BCUT2D eigenvalue weighted by Gasteiger charge is 2.33. The third-order valence-electron chi connectivity index (χ3n) is 3.98. The molecule has 0 radical (unpaired) electrons. The van der Waals surface area contributed by atoms with Crippen LogP contribution in [-0.4, -0.2) is 19.7 Å². The van der Waals surface area contributed by atoms with Crippen molar-refractivity contribution >= 4 is 10.9 Å². The fourth-order valence-corrected chi connectivity index (χ4v) is 2.84. The van der Waals surface area contributed by atoms with Crippen LogP contribution in [-0.2, 0) is 19.1 Å². The maximum absolute atomic E-state index is 13.0. The number of pyridine rings is 1. The zero-order valence-corrected chi connectivity index (χ0v) is 12.7. The van der Waals surface area contributed by atoms with E-state index in [1.165, 1.54) is 22.8 Å². The van der Waals surface area contributed by atoms with E-state index in [0.717, 1.165) is 18.7 Å². The Morgan fingerprint density at radius 2 is 2.04 bits per heavy atom. The zero-order chi connectivity index (χ0) is 17.6. The molecule has 2 aromatic heterocycles. The van der Waals surface area contributed by atoms with Crippen LogP contribution in [0.2, 0.25) is 0 Å². The Kier molecular flexibility index (Phi) is 3.45. The number of hydrogen-bond acceptors (Lipinski definition) is 5. The Hall–Kier alpha value is -2.97. The third-order valence-corrected chi connectivity index (χ3v) is 3.98. The van der Waals surface area contributed by atoms with E-state index in [2.05, 4.69) is 15.2 Å². The molecule has 0 bridgehead atoms. The van der Waals surface area contributed by atoms with Gasteiger partial charge in [0.1, 0.15) is 11.6 Å². The van der Waals surface area contributed by atoms with Gasteiger partial charge in [-0.2, -0.15) is 13.2 Å². The van der Waals surface area contributed by atoms with Crippen molar-refractivity contribution < 1.29 is 17.9 Å². The second-order valence-corrected chi connectivity index (χ2v) is 5.63. The number of benzene rings is 1. The summed E-state index contributed by atoms with van der Waals surface area (Å²) in [6.07, 6.45) is -1.87. The summed E-state index contributed by atoms with van der Waals surface area (Å²) < 4.78 is 45.9. The number of aromatic nitrogens is 4. The van der Waals surface area contributed by atoms with Crippen LogP contribution >= 0.6 is 0 Å². The number of halogens is 3. The molecule has 3 heterocycles. The number of alkyl halides is 3.